The van der Waals surface area contributed by atoms with Gasteiger partial charge in [-0.25, -0.2) is 0 Å². The van der Waals surface area contributed by atoms with Crippen molar-refractivity contribution in [1.82, 2.24) is 0 Å². The van der Waals surface area contributed by atoms with Gasteiger partial charge >= 0.3 is 0 Å². The summed E-state index contributed by atoms with van der Waals surface area (Å²) in [6.07, 6.45) is 0.814. The predicted molar refractivity (Wildman–Crippen MR) is 56.0 cm³/mol. The molecule has 0 spiro atoms. The van der Waals surface area contributed by atoms with Crippen molar-refractivity contribution in [3.05, 3.63) is 29.8 Å². The molecule has 1 aromatic rings. The fraction of sp³-hybridized carbons (Fsp3) is 0.300. The molecule has 1 rings (SSSR count). The third-order valence-corrected chi connectivity index (χ3v) is 1.75. The SMILES string of the molecule is CC(=S)OCCc1ccc(O)cc1. The lowest BCUT2D eigenvalue weighted by atomic mass is 10.1. The molecule has 1 N–H and O–H groups in total. The Labute approximate surface area is 83.2 Å². The van der Waals surface area contributed by atoms with Crippen LogP contribution in [0.5, 0.6) is 5.75 Å². The van der Waals surface area contributed by atoms with Crippen LogP contribution < -0.4 is 0 Å². The molecule has 2 nitrogen and oxygen atoms in total. The Morgan fingerprint density at radius 3 is 2.54 bits per heavy atom. The molecular weight excluding hydrogens is 184 g/mol. The lowest BCUT2D eigenvalue weighted by Gasteiger charge is -2.03. The number of thiocarbonyl (C=S) groups is 1. The van der Waals surface area contributed by atoms with Crippen LogP contribution in [0.3, 0.4) is 0 Å². The van der Waals surface area contributed by atoms with Crippen LogP contribution in [0.4, 0.5) is 0 Å². The quantitative estimate of drug-likeness (QED) is 0.752. The second-order valence-corrected chi connectivity index (χ2v) is 3.33. The van der Waals surface area contributed by atoms with E-state index in [1.807, 2.05) is 12.1 Å². The molecule has 0 aromatic heterocycles. The van der Waals surface area contributed by atoms with Crippen LogP contribution in [0.25, 0.3) is 0 Å². The lowest BCUT2D eigenvalue weighted by molar-refractivity contribution is 0.315. The minimum Gasteiger partial charge on any atom is -0.508 e. The molecule has 0 atom stereocenters. The molecule has 0 bridgehead atoms. The van der Waals surface area contributed by atoms with E-state index >= 15 is 0 Å². The Hall–Kier alpha value is -1.09. The first-order valence-corrected chi connectivity index (χ1v) is 4.50. The summed E-state index contributed by atoms with van der Waals surface area (Å²) >= 11 is 4.77. The summed E-state index contributed by atoms with van der Waals surface area (Å²) in [5.41, 5.74) is 1.13. The van der Waals surface area contributed by atoms with E-state index in [0.717, 1.165) is 12.0 Å². The average Bonchev–Trinajstić information content (AvgIpc) is 2.08. The van der Waals surface area contributed by atoms with E-state index in [0.29, 0.717) is 11.7 Å². The lowest BCUT2D eigenvalue weighted by Crippen LogP contribution is -2.01. The summed E-state index contributed by atoms with van der Waals surface area (Å²) in [4.78, 5) is 0. The molecule has 3 heteroatoms. The Kier molecular flexibility index (Phi) is 3.71. The van der Waals surface area contributed by atoms with Gasteiger partial charge in [-0.15, -0.1) is 0 Å². The van der Waals surface area contributed by atoms with Gasteiger partial charge in [0.15, 0.2) is 5.05 Å². The topological polar surface area (TPSA) is 29.5 Å². The predicted octanol–water partition coefficient (Wildman–Crippen LogP) is 2.30. The van der Waals surface area contributed by atoms with Crippen molar-refractivity contribution >= 4 is 17.3 Å². The van der Waals surface area contributed by atoms with Gasteiger partial charge in [0.1, 0.15) is 5.75 Å². The van der Waals surface area contributed by atoms with Gasteiger partial charge in [0.05, 0.1) is 6.61 Å². The Morgan fingerprint density at radius 2 is 2.00 bits per heavy atom. The zero-order valence-corrected chi connectivity index (χ0v) is 8.30. The second-order valence-electron chi connectivity index (χ2n) is 2.76. The third kappa shape index (κ3) is 3.90. The van der Waals surface area contributed by atoms with Crippen LogP contribution in [0.15, 0.2) is 24.3 Å². The van der Waals surface area contributed by atoms with Crippen LogP contribution >= 0.6 is 12.2 Å². The van der Waals surface area contributed by atoms with Gasteiger partial charge in [-0.05, 0) is 29.9 Å². The maximum atomic E-state index is 9.02. The van der Waals surface area contributed by atoms with Gasteiger partial charge in [-0.2, -0.15) is 0 Å². The van der Waals surface area contributed by atoms with Crippen LogP contribution in [0, 0.1) is 0 Å². The number of aromatic hydroxyl groups is 1. The van der Waals surface area contributed by atoms with E-state index in [9.17, 15) is 0 Å². The Balaban J connectivity index is 2.37. The largest absolute Gasteiger partial charge is 0.508 e. The van der Waals surface area contributed by atoms with E-state index in [-0.39, 0.29) is 5.75 Å². The van der Waals surface area contributed by atoms with Crippen molar-refractivity contribution in [2.75, 3.05) is 6.61 Å². The Bertz CT molecular complexity index is 279. The Morgan fingerprint density at radius 1 is 1.38 bits per heavy atom. The highest BCUT2D eigenvalue weighted by Crippen LogP contribution is 2.09. The van der Waals surface area contributed by atoms with Crippen LogP contribution in [-0.4, -0.2) is 16.8 Å². The van der Waals surface area contributed by atoms with E-state index < -0.39 is 0 Å². The van der Waals surface area contributed by atoms with Gasteiger partial charge in [0.2, 0.25) is 0 Å². The number of ether oxygens (including phenoxy) is 1. The molecule has 0 radical (unpaired) electrons. The molecule has 70 valence electrons. The minimum atomic E-state index is 0.288. The van der Waals surface area contributed by atoms with Gasteiger partial charge in [-0.1, -0.05) is 12.1 Å². The summed E-state index contributed by atoms with van der Waals surface area (Å²) in [6.45, 7) is 2.35. The molecule has 0 aliphatic heterocycles. The van der Waals surface area contributed by atoms with Crippen molar-refractivity contribution in [3.8, 4) is 5.75 Å². The fourth-order valence-corrected chi connectivity index (χ4v) is 1.06. The summed E-state index contributed by atoms with van der Waals surface area (Å²) in [7, 11) is 0. The van der Waals surface area contributed by atoms with Gasteiger partial charge in [-0.3, -0.25) is 0 Å². The zero-order valence-electron chi connectivity index (χ0n) is 7.49. The summed E-state index contributed by atoms with van der Waals surface area (Å²) in [5.74, 6) is 0.288. The first-order chi connectivity index (χ1) is 6.18. The molecule has 0 unspecified atom stereocenters. The molecule has 0 fully saturated rings. The van der Waals surface area contributed by atoms with Crippen LogP contribution in [-0.2, 0) is 11.2 Å². The maximum Gasteiger partial charge on any atom is 0.156 e. The molecule has 0 heterocycles. The fourth-order valence-electron chi connectivity index (χ4n) is 0.975. The number of hydrogen-bond acceptors (Lipinski definition) is 3. The summed E-state index contributed by atoms with van der Waals surface area (Å²) in [6, 6.07) is 7.08. The number of phenols is 1. The van der Waals surface area contributed by atoms with Gasteiger partial charge in [0.25, 0.3) is 0 Å². The highest BCUT2D eigenvalue weighted by atomic mass is 32.1. The van der Waals surface area contributed by atoms with Gasteiger partial charge in [0, 0.05) is 13.3 Å². The molecule has 0 saturated heterocycles. The van der Waals surface area contributed by atoms with Crippen molar-refractivity contribution < 1.29 is 9.84 Å². The monoisotopic (exact) mass is 196 g/mol. The third-order valence-electron chi connectivity index (χ3n) is 1.63. The van der Waals surface area contributed by atoms with Crippen LogP contribution in [0.2, 0.25) is 0 Å². The van der Waals surface area contributed by atoms with Crippen molar-refractivity contribution in [1.29, 1.82) is 0 Å². The number of hydrogen-bond donors (Lipinski definition) is 1. The highest BCUT2D eigenvalue weighted by molar-refractivity contribution is 7.80. The average molecular weight is 196 g/mol. The van der Waals surface area contributed by atoms with Crippen molar-refractivity contribution in [2.45, 2.75) is 13.3 Å². The van der Waals surface area contributed by atoms with Gasteiger partial charge < -0.3 is 9.84 Å². The number of phenolic OH excluding ortho intramolecular Hbond substituents is 1. The molecule has 0 amide bonds. The molecule has 13 heavy (non-hydrogen) atoms. The summed E-state index contributed by atoms with van der Waals surface area (Å²) in [5, 5.41) is 9.59. The van der Waals surface area contributed by atoms with Crippen molar-refractivity contribution in [3.63, 3.8) is 0 Å². The second kappa shape index (κ2) is 4.82. The molecule has 0 saturated carbocycles. The minimum absolute atomic E-state index is 0.288. The normalized spacial score (nSPS) is 9.62. The zero-order chi connectivity index (χ0) is 9.68. The smallest absolute Gasteiger partial charge is 0.156 e. The van der Waals surface area contributed by atoms with Crippen LogP contribution in [0.1, 0.15) is 12.5 Å². The molecule has 1 aromatic carbocycles. The summed E-state index contributed by atoms with van der Waals surface area (Å²) < 4.78 is 5.14. The highest BCUT2D eigenvalue weighted by Gasteiger charge is 1.94. The molecule has 0 aliphatic rings. The first-order valence-electron chi connectivity index (χ1n) is 4.10. The van der Waals surface area contributed by atoms with E-state index in [2.05, 4.69) is 0 Å². The number of benzene rings is 1. The van der Waals surface area contributed by atoms with E-state index in [1.165, 1.54) is 0 Å². The van der Waals surface area contributed by atoms with E-state index in [4.69, 9.17) is 22.1 Å². The first kappa shape index (κ1) is 9.99. The molecular formula is C10H12O2S. The number of rotatable bonds is 3. The standard InChI is InChI=1S/C10H12O2S/c1-8(13)12-7-6-9-2-4-10(11)5-3-9/h2-5,11H,6-7H2,1H3. The maximum absolute atomic E-state index is 9.02. The molecule has 0 aliphatic carbocycles. The van der Waals surface area contributed by atoms with E-state index in [1.54, 1.807) is 19.1 Å². The van der Waals surface area contributed by atoms with Crippen molar-refractivity contribution in [2.24, 2.45) is 0 Å².